The Hall–Kier alpha value is -2.27. The van der Waals surface area contributed by atoms with Gasteiger partial charge in [0.15, 0.2) is 10.9 Å². The van der Waals surface area contributed by atoms with Gasteiger partial charge in [-0.1, -0.05) is 30.0 Å². The van der Waals surface area contributed by atoms with Crippen molar-refractivity contribution in [3.63, 3.8) is 0 Å². The molecule has 0 saturated heterocycles. The quantitative estimate of drug-likeness (QED) is 0.436. The number of carbonyl (C=O) groups excluding carboxylic acids is 1. The van der Waals surface area contributed by atoms with E-state index in [1.165, 1.54) is 11.1 Å². The number of rotatable bonds is 7. The van der Waals surface area contributed by atoms with E-state index in [1.54, 1.807) is 18.7 Å². The van der Waals surface area contributed by atoms with Crippen molar-refractivity contribution in [1.82, 2.24) is 9.55 Å². The maximum atomic E-state index is 11.9. The summed E-state index contributed by atoms with van der Waals surface area (Å²) >= 11 is 1.62. The van der Waals surface area contributed by atoms with Gasteiger partial charge in [-0.05, 0) is 63.1 Å². The molecule has 0 bridgehead atoms. The Morgan fingerprint density at radius 1 is 1.19 bits per heavy atom. The van der Waals surface area contributed by atoms with Crippen molar-refractivity contribution >= 4 is 28.6 Å². The third-order valence-corrected chi connectivity index (χ3v) is 5.23. The zero-order valence-corrected chi connectivity index (χ0v) is 16.5. The molecule has 26 heavy (non-hydrogen) atoms. The molecule has 0 spiro atoms. The zero-order valence-electron chi connectivity index (χ0n) is 15.7. The van der Waals surface area contributed by atoms with Gasteiger partial charge in [0.2, 0.25) is 0 Å². The van der Waals surface area contributed by atoms with Crippen molar-refractivity contribution in [2.75, 3.05) is 12.4 Å². The van der Waals surface area contributed by atoms with Crippen LogP contribution in [0.25, 0.3) is 11.0 Å². The van der Waals surface area contributed by atoms with Gasteiger partial charge in [-0.3, -0.25) is 4.79 Å². The van der Waals surface area contributed by atoms with E-state index in [4.69, 9.17) is 9.72 Å². The third-order valence-electron chi connectivity index (χ3n) is 4.32. The average Bonchev–Trinajstić information content (AvgIpc) is 2.95. The fraction of sp³-hybridized carbons (Fsp3) is 0.333. The molecular formula is C21H24N2O2S. The van der Waals surface area contributed by atoms with E-state index in [0.717, 1.165) is 27.7 Å². The Bertz CT molecular complexity index is 913. The number of benzene rings is 2. The first kappa shape index (κ1) is 18.5. The van der Waals surface area contributed by atoms with Gasteiger partial charge in [0, 0.05) is 5.75 Å². The molecule has 0 fully saturated rings. The van der Waals surface area contributed by atoms with Crippen LogP contribution in [0.4, 0.5) is 0 Å². The topological polar surface area (TPSA) is 44.1 Å². The summed E-state index contributed by atoms with van der Waals surface area (Å²) < 4.78 is 7.91. The molecule has 0 radical (unpaired) electrons. The summed E-state index contributed by atoms with van der Waals surface area (Å²) in [4.78, 5) is 16.6. The lowest BCUT2D eigenvalue weighted by molar-refractivity contribution is -0.119. The van der Waals surface area contributed by atoms with Crippen LogP contribution >= 0.6 is 11.8 Å². The molecule has 2 aromatic carbocycles. The van der Waals surface area contributed by atoms with Crippen LogP contribution in [0.5, 0.6) is 5.75 Å². The summed E-state index contributed by atoms with van der Waals surface area (Å²) in [5.41, 5.74) is 4.31. The molecule has 4 nitrogen and oxygen atoms in total. The van der Waals surface area contributed by atoms with Crippen LogP contribution in [-0.4, -0.2) is 27.7 Å². The minimum absolute atomic E-state index is 0.126. The number of para-hydroxylation sites is 2. The minimum atomic E-state index is -0.231. The molecular weight excluding hydrogens is 344 g/mol. The van der Waals surface area contributed by atoms with Crippen LogP contribution in [0.3, 0.4) is 0 Å². The number of thioether (sulfide) groups is 1. The minimum Gasteiger partial charge on any atom is -0.493 e. The third kappa shape index (κ3) is 4.10. The fourth-order valence-electron chi connectivity index (χ4n) is 2.99. The molecule has 0 amide bonds. The summed E-state index contributed by atoms with van der Waals surface area (Å²) in [6, 6.07) is 13.9. The van der Waals surface area contributed by atoms with E-state index < -0.39 is 0 Å². The number of hydrogen-bond donors (Lipinski definition) is 0. The molecule has 0 aliphatic rings. The highest BCUT2D eigenvalue weighted by Crippen LogP contribution is 2.28. The van der Waals surface area contributed by atoms with Crippen molar-refractivity contribution < 1.29 is 9.53 Å². The van der Waals surface area contributed by atoms with Crippen molar-refractivity contribution in [2.24, 2.45) is 0 Å². The number of ketones is 1. The largest absolute Gasteiger partial charge is 0.493 e. The lowest BCUT2D eigenvalue weighted by atomic mass is 10.1. The molecule has 3 aromatic rings. The molecule has 5 heteroatoms. The van der Waals surface area contributed by atoms with E-state index in [9.17, 15) is 4.79 Å². The Labute approximate surface area is 158 Å². The van der Waals surface area contributed by atoms with Crippen molar-refractivity contribution in [1.29, 1.82) is 0 Å². The van der Waals surface area contributed by atoms with E-state index in [1.807, 2.05) is 47.9 Å². The first-order chi connectivity index (χ1) is 12.5. The van der Waals surface area contributed by atoms with Crippen LogP contribution in [-0.2, 0) is 4.79 Å². The van der Waals surface area contributed by atoms with Gasteiger partial charge in [0.05, 0.1) is 23.7 Å². The number of imidazole rings is 1. The zero-order chi connectivity index (χ0) is 18.7. The molecule has 0 aliphatic carbocycles. The summed E-state index contributed by atoms with van der Waals surface area (Å²) in [5, 5.41) is 0.859. The highest BCUT2D eigenvalue weighted by molar-refractivity contribution is 7.99. The van der Waals surface area contributed by atoms with Gasteiger partial charge >= 0.3 is 0 Å². The van der Waals surface area contributed by atoms with Gasteiger partial charge in [-0.15, -0.1) is 0 Å². The Morgan fingerprint density at radius 3 is 2.58 bits per heavy atom. The second kappa shape index (κ2) is 7.96. The highest BCUT2D eigenvalue weighted by Gasteiger charge is 2.19. The number of Topliss-reactive ketones (excluding diaryl/α,β-unsaturated/α-hetero) is 1. The predicted molar refractivity (Wildman–Crippen MR) is 107 cm³/mol. The van der Waals surface area contributed by atoms with Crippen molar-refractivity contribution in [2.45, 2.75) is 38.9 Å². The SMILES string of the molecule is CC(=O)[C@@H](C)n1c(SCCOc2cc(C)cc(C)c2)nc2ccccc21. The molecule has 0 aliphatic heterocycles. The normalized spacial score (nSPS) is 12.3. The monoisotopic (exact) mass is 368 g/mol. The van der Waals surface area contributed by atoms with Gasteiger partial charge in [0.1, 0.15) is 5.75 Å². The van der Waals surface area contributed by atoms with E-state index in [0.29, 0.717) is 6.61 Å². The molecule has 1 aromatic heterocycles. The second-order valence-electron chi connectivity index (χ2n) is 6.56. The first-order valence-electron chi connectivity index (χ1n) is 8.77. The number of carbonyl (C=O) groups is 1. The number of aromatic nitrogens is 2. The molecule has 0 N–H and O–H groups in total. The Kier molecular flexibility index (Phi) is 5.67. The summed E-state index contributed by atoms with van der Waals surface area (Å²) in [7, 11) is 0. The number of fused-ring (bicyclic) bond motifs is 1. The van der Waals surface area contributed by atoms with Crippen molar-refractivity contribution in [3.8, 4) is 5.75 Å². The van der Waals surface area contributed by atoms with Crippen molar-refractivity contribution in [3.05, 3.63) is 53.6 Å². The molecule has 136 valence electrons. The van der Waals surface area contributed by atoms with Gasteiger partial charge in [-0.2, -0.15) is 0 Å². The van der Waals surface area contributed by atoms with Crippen LogP contribution in [0.2, 0.25) is 0 Å². The Balaban J connectivity index is 1.72. The lowest BCUT2D eigenvalue weighted by Crippen LogP contribution is -2.14. The highest BCUT2D eigenvalue weighted by atomic mass is 32.2. The molecule has 0 saturated carbocycles. The molecule has 0 unspecified atom stereocenters. The number of aryl methyl sites for hydroxylation is 2. The predicted octanol–water partition coefficient (Wildman–Crippen LogP) is 4.97. The maximum absolute atomic E-state index is 11.9. The first-order valence-corrected chi connectivity index (χ1v) is 9.75. The molecule has 1 atom stereocenters. The number of ether oxygens (including phenoxy) is 1. The van der Waals surface area contributed by atoms with E-state index in [-0.39, 0.29) is 11.8 Å². The van der Waals surface area contributed by atoms with Gasteiger partial charge in [-0.25, -0.2) is 4.98 Å². The van der Waals surface area contributed by atoms with Crippen LogP contribution in [0.1, 0.15) is 31.0 Å². The smallest absolute Gasteiger partial charge is 0.169 e. The summed E-state index contributed by atoms with van der Waals surface area (Å²) in [6.07, 6.45) is 0. The Morgan fingerprint density at radius 2 is 1.88 bits per heavy atom. The van der Waals surface area contributed by atoms with Crippen LogP contribution in [0, 0.1) is 13.8 Å². The summed E-state index contributed by atoms with van der Waals surface area (Å²) in [5.74, 6) is 1.79. The van der Waals surface area contributed by atoms with Crippen LogP contribution < -0.4 is 4.74 Å². The van der Waals surface area contributed by atoms with Gasteiger partial charge in [0.25, 0.3) is 0 Å². The van der Waals surface area contributed by atoms with Gasteiger partial charge < -0.3 is 9.30 Å². The van der Waals surface area contributed by atoms with Crippen LogP contribution in [0.15, 0.2) is 47.6 Å². The lowest BCUT2D eigenvalue weighted by Gasteiger charge is -2.14. The molecule has 3 rings (SSSR count). The summed E-state index contributed by atoms with van der Waals surface area (Å²) in [6.45, 7) is 8.27. The standard InChI is InChI=1S/C21H24N2O2S/c1-14-11-15(2)13-18(12-14)25-9-10-26-21-22-19-7-5-6-8-20(19)23(21)16(3)17(4)24/h5-8,11-13,16H,9-10H2,1-4H3/t16-/m1/s1. The van der Waals surface area contributed by atoms with E-state index in [2.05, 4.69) is 19.9 Å². The number of nitrogens with zero attached hydrogens (tertiary/aromatic N) is 2. The maximum Gasteiger partial charge on any atom is 0.169 e. The van der Waals surface area contributed by atoms with E-state index >= 15 is 0 Å². The number of hydrogen-bond acceptors (Lipinski definition) is 4. The average molecular weight is 369 g/mol. The fourth-order valence-corrected chi connectivity index (χ4v) is 3.90. The molecule has 1 heterocycles. The second-order valence-corrected chi connectivity index (χ2v) is 7.62.